The van der Waals surface area contributed by atoms with Crippen LogP contribution in [0.2, 0.25) is 5.02 Å². The predicted molar refractivity (Wildman–Crippen MR) is 101 cm³/mol. The van der Waals surface area contributed by atoms with Crippen molar-refractivity contribution in [3.05, 3.63) is 59.4 Å². The van der Waals surface area contributed by atoms with Gasteiger partial charge in [-0.2, -0.15) is 0 Å². The van der Waals surface area contributed by atoms with Crippen LogP contribution in [0.1, 0.15) is 12.0 Å². The summed E-state index contributed by atoms with van der Waals surface area (Å²) in [7, 11) is 0. The van der Waals surface area contributed by atoms with E-state index < -0.39 is 0 Å². The van der Waals surface area contributed by atoms with E-state index in [-0.39, 0.29) is 5.91 Å². The number of pyridine rings is 1. The van der Waals surface area contributed by atoms with Gasteiger partial charge >= 0.3 is 0 Å². The summed E-state index contributed by atoms with van der Waals surface area (Å²) < 4.78 is 0. The molecule has 1 aliphatic heterocycles. The van der Waals surface area contributed by atoms with Gasteiger partial charge in [-0.1, -0.05) is 17.7 Å². The second-order valence-electron chi connectivity index (χ2n) is 6.13. The molecule has 1 aromatic carbocycles. The first-order valence-electron chi connectivity index (χ1n) is 8.60. The van der Waals surface area contributed by atoms with Crippen LogP contribution in [-0.2, 0) is 11.3 Å². The molecule has 0 unspecified atom stereocenters. The number of carbonyl (C=O) groups is 1. The number of nitrogens with zero attached hydrogens (tertiary/aromatic N) is 3. The molecule has 0 saturated carbocycles. The van der Waals surface area contributed by atoms with Gasteiger partial charge in [0, 0.05) is 68.8 Å². The van der Waals surface area contributed by atoms with Gasteiger partial charge in [-0.15, -0.1) is 0 Å². The van der Waals surface area contributed by atoms with Gasteiger partial charge in [-0.25, -0.2) is 0 Å². The van der Waals surface area contributed by atoms with Crippen LogP contribution in [0.4, 0.5) is 5.69 Å². The Morgan fingerprint density at radius 3 is 2.60 bits per heavy atom. The third-order valence-corrected chi connectivity index (χ3v) is 4.63. The Kier molecular flexibility index (Phi) is 6.25. The Labute approximate surface area is 153 Å². The smallest absolute Gasteiger partial charge is 0.223 e. The standard InChI is InChI=1S/C19H23ClN4O/c20-17-2-1-3-18(14-17)23-10-12-24(13-11-23)19(25)6-9-22-15-16-4-7-21-8-5-16/h1-5,7-8,14,22H,6,9-13,15H2. The van der Waals surface area contributed by atoms with Crippen molar-refractivity contribution in [3.63, 3.8) is 0 Å². The van der Waals surface area contributed by atoms with E-state index in [0.717, 1.165) is 43.4 Å². The molecule has 0 radical (unpaired) electrons. The zero-order chi connectivity index (χ0) is 17.5. The minimum absolute atomic E-state index is 0.216. The molecule has 1 N–H and O–H groups in total. The lowest BCUT2D eigenvalue weighted by atomic mass is 10.2. The number of piperazine rings is 1. The normalized spacial score (nSPS) is 14.6. The Morgan fingerprint density at radius 2 is 1.88 bits per heavy atom. The molecule has 2 aromatic rings. The lowest BCUT2D eigenvalue weighted by Gasteiger charge is -2.36. The Bertz CT molecular complexity index is 687. The largest absolute Gasteiger partial charge is 0.368 e. The average Bonchev–Trinajstić information content (AvgIpc) is 2.66. The van der Waals surface area contributed by atoms with Crippen LogP contribution in [0, 0.1) is 0 Å². The van der Waals surface area contributed by atoms with Crippen molar-refractivity contribution in [3.8, 4) is 0 Å². The van der Waals surface area contributed by atoms with E-state index >= 15 is 0 Å². The van der Waals surface area contributed by atoms with Gasteiger partial charge in [-0.3, -0.25) is 9.78 Å². The fourth-order valence-electron chi connectivity index (χ4n) is 2.97. The first-order chi connectivity index (χ1) is 12.2. The van der Waals surface area contributed by atoms with Gasteiger partial charge in [0.2, 0.25) is 5.91 Å². The molecule has 25 heavy (non-hydrogen) atoms. The van der Waals surface area contributed by atoms with Gasteiger partial charge < -0.3 is 15.1 Å². The average molecular weight is 359 g/mol. The summed E-state index contributed by atoms with van der Waals surface area (Å²) in [6.45, 7) is 4.66. The summed E-state index contributed by atoms with van der Waals surface area (Å²) >= 11 is 6.06. The second-order valence-corrected chi connectivity index (χ2v) is 6.57. The molecule has 0 aliphatic carbocycles. The molecule has 3 rings (SSSR count). The van der Waals surface area contributed by atoms with Crippen LogP contribution in [0.25, 0.3) is 0 Å². The maximum atomic E-state index is 12.3. The fraction of sp³-hybridized carbons (Fsp3) is 0.368. The highest BCUT2D eigenvalue weighted by atomic mass is 35.5. The van der Waals surface area contributed by atoms with Crippen molar-refractivity contribution in [1.82, 2.24) is 15.2 Å². The highest BCUT2D eigenvalue weighted by molar-refractivity contribution is 6.30. The van der Waals surface area contributed by atoms with Crippen LogP contribution in [-0.4, -0.2) is 48.5 Å². The quantitative estimate of drug-likeness (QED) is 0.806. The van der Waals surface area contributed by atoms with Crippen molar-refractivity contribution in [2.75, 3.05) is 37.6 Å². The third-order valence-electron chi connectivity index (χ3n) is 4.40. The fourth-order valence-corrected chi connectivity index (χ4v) is 3.16. The van der Waals surface area contributed by atoms with E-state index in [0.29, 0.717) is 13.0 Å². The number of carbonyl (C=O) groups excluding carboxylic acids is 1. The minimum Gasteiger partial charge on any atom is -0.368 e. The van der Waals surface area contributed by atoms with E-state index in [1.807, 2.05) is 35.2 Å². The minimum atomic E-state index is 0.216. The Balaban J connectivity index is 1.38. The molecule has 0 bridgehead atoms. The number of amides is 1. The van der Waals surface area contributed by atoms with Gasteiger partial charge in [0.1, 0.15) is 0 Å². The SMILES string of the molecule is O=C(CCNCc1ccncc1)N1CCN(c2cccc(Cl)c2)CC1. The summed E-state index contributed by atoms with van der Waals surface area (Å²) in [6.07, 6.45) is 4.09. The monoisotopic (exact) mass is 358 g/mol. The number of benzene rings is 1. The molecular formula is C19H23ClN4O. The zero-order valence-corrected chi connectivity index (χ0v) is 15.0. The van der Waals surface area contributed by atoms with E-state index in [4.69, 9.17) is 11.6 Å². The molecule has 2 heterocycles. The van der Waals surface area contributed by atoms with Crippen LogP contribution in [0.15, 0.2) is 48.8 Å². The molecule has 6 heteroatoms. The summed E-state index contributed by atoms with van der Waals surface area (Å²) in [5.74, 6) is 0.216. The van der Waals surface area contributed by atoms with Gasteiger partial charge in [0.05, 0.1) is 0 Å². The van der Waals surface area contributed by atoms with Crippen LogP contribution in [0.5, 0.6) is 0 Å². The number of anilines is 1. The third kappa shape index (κ3) is 5.18. The first-order valence-corrected chi connectivity index (χ1v) is 8.98. The first kappa shape index (κ1) is 17.7. The molecule has 1 aromatic heterocycles. The summed E-state index contributed by atoms with van der Waals surface area (Å²) in [5, 5.41) is 4.06. The Morgan fingerprint density at radius 1 is 1.12 bits per heavy atom. The molecule has 0 atom stereocenters. The molecule has 132 valence electrons. The van der Waals surface area contributed by atoms with E-state index in [1.165, 1.54) is 5.56 Å². The number of nitrogens with one attached hydrogen (secondary N) is 1. The molecule has 1 aliphatic rings. The second kappa shape index (κ2) is 8.83. The topological polar surface area (TPSA) is 48.5 Å². The summed E-state index contributed by atoms with van der Waals surface area (Å²) in [5.41, 5.74) is 2.30. The van der Waals surface area contributed by atoms with Gasteiger partial charge in [-0.05, 0) is 35.9 Å². The Hall–Kier alpha value is -2.11. The molecule has 0 spiro atoms. The highest BCUT2D eigenvalue weighted by Crippen LogP contribution is 2.20. The number of halogens is 1. The summed E-state index contributed by atoms with van der Waals surface area (Å²) in [4.78, 5) is 20.6. The highest BCUT2D eigenvalue weighted by Gasteiger charge is 2.20. The molecular weight excluding hydrogens is 336 g/mol. The van der Waals surface area contributed by atoms with E-state index in [2.05, 4.69) is 21.3 Å². The van der Waals surface area contributed by atoms with E-state index in [1.54, 1.807) is 12.4 Å². The number of hydrogen-bond donors (Lipinski definition) is 1. The molecule has 1 amide bonds. The number of rotatable bonds is 6. The number of aromatic nitrogens is 1. The van der Waals surface area contributed by atoms with Crippen molar-refractivity contribution in [1.29, 1.82) is 0 Å². The predicted octanol–water partition coefficient (Wildman–Crippen LogP) is 2.56. The lowest BCUT2D eigenvalue weighted by Crippen LogP contribution is -2.49. The van der Waals surface area contributed by atoms with Crippen molar-refractivity contribution in [2.24, 2.45) is 0 Å². The van der Waals surface area contributed by atoms with Crippen LogP contribution < -0.4 is 10.2 Å². The lowest BCUT2D eigenvalue weighted by molar-refractivity contribution is -0.131. The maximum Gasteiger partial charge on any atom is 0.223 e. The zero-order valence-electron chi connectivity index (χ0n) is 14.2. The molecule has 5 nitrogen and oxygen atoms in total. The van der Waals surface area contributed by atoms with Crippen LogP contribution >= 0.6 is 11.6 Å². The summed E-state index contributed by atoms with van der Waals surface area (Å²) in [6, 6.07) is 11.8. The van der Waals surface area contributed by atoms with Gasteiger partial charge in [0.25, 0.3) is 0 Å². The van der Waals surface area contributed by atoms with E-state index in [9.17, 15) is 4.79 Å². The van der Waals surface area contributed by atoms with Gasteiger partial charge in [0.15, 0.2) is 0 Å². The van der Waals surface area contributed by atoms with Crippen LogP contribution in [0.3, 0.4) is 0 Å². The van der Waals surface area contributed by atoms with Crippen molar-refractivity contribution in [2.45, 2.75) is 13.0 Å². The van der Waals surface area contributed by atoms with Crippen molar-refractivity contribution < 1.29 is 4.79 Å². The molecule has 1 fully saturated rings. The maximum absolute atomic E-state index is 12.3. The van der Waals surface area contributed by atoms with Crippen molar-refractivity contribution >= 4 is 23.2 Å². The molecule has 1 saturated heterocycles. The number of hydrogen-bond acceptors (Lipinski definition) is 4.